The number of hydrogen-bond acceptors (Lipinski definition) is 4. The average molecular weight is 395 g/mol. The third-order valence-electron chi connectivity index (χ3n) is 5.48. The first-order valence-corrected chi connectivity index (χ1v) is 9.95. The van der Waals surface area contributed by atoms with Crippen LogP contribution in [-0.4, -0.2) is 58.0 Å². The summed E-state index contributed by atoms with van der Waals surface area (Å²) in [6.07, 6.45) is 2.39. The highest BCUT2D eigenvalue weighted by Crippen LogP contribution is 2.32. The molecule has 3 amide bonds. The zero-order chi connectivity index (χ0) is 20.5. The molecule has 1 saturated heterocycles. The maximum atomic E-state index is 13.0. The van der Waals surface area contributed by atoms with E-state index in [2.05, 4.69) is 29.2 Å². The number of fused-ring (bicyclic) bond motifs is 4. The maximum absolute atomic E-state index is 13.0. The number of carbonyl (C=O) groups is 3. The van der Waals surface area contributed by atoms with Crippen molar-refractivity contribution in [3.05, 3.63) is 35.5 Å². The molecule has 1 atom stereocenters. The van der Waals surface area contributed by atoms with E-state index in [1.165, 1.54) is 0 Å². The summed E-state index contributed by atoms with van der Waals surface area (Å²) in [5.41, 5.74) is 3.05. The third-order valence-corrected chi connectivity index (χ3v) is 5.48. The van der Waals surface area contributed by atoms with Crippen molar-refractivity contribution in [2.45, 2.75) is 39.3 Å². The zero-order valence-electron chi connectivity index (χ0n) is 16.6. The molecule has 1 aromatic heterocycles. The summed E-state index contributed by atoms with van der Waals surface area (Å²) < 4.78 is 0. The molecule has 1 fully saturated rings. The van der Waals surface area contributed by atoms with Gasteiger partial charge in [-0.25, -0.2) is 5.01 Å². The van der Waals surface area contributed by atoms with Gasteiger partial charge < -0.3 is 15.2 Å². The van der Waals surface area contributed by atoms with E-state index < -0.39 is 6.04 Å². The summed E-state index contributed by atoms with van der Waals surface area (Å²) in [7, 11) is 0. The minimum Gasteiger partial charge on any atom is -0.357 e. The Morgan fingerprint density at radius 3 is 2.90 bits per heavy atom. The number of piperazine rings is 1. The predicted octanol–water partition coefficient (Wildman–Crippen LogP) is 1.41. The topological polar surface area (TPSA) is 97.9 Å². The van der Waals surface area contributed by atoms with E-state index in [4.69, 9.17) is 0 Å². The Hall–Kier alpha value is -3.16. The third kappa shape index (κ3) is 3.74. The monoisotopic (exact) mass is 395 g/mol. The molecule has 2 N–H and O–H groups in total. The molecule has 0 spiro atoms. The molecule has 0 radical (unpaired) electrons. The van der Waals surface area contributed by atoms with Gasteiger partial charge in [0.2, 0.25) is 5.91 Å². The lowest BCUT2D eigenvalue weighted by molar-refractivity contribution is -0.157. The number of hydrazone groups is 1. The van der Waals surface area contributed by atoms with Crippen molar-refractivity contribution in [3.63, 3.8) is 0 Å². The van der Waals surface area contributed by atoms with Crippen molar-refractivity contribution in [3.8, 4) is 0 Å². The van der Waals surface area contributed by atoms with E-state index in [1.807, 2.05) is 24.3 Å². The van der Waals surface area contributed by atoms with Crippen LogP contribution in [0.3, 0.4) is 0 Å². The Kier molecular flexibility index (Phi) is 5.08. The van der Waals surface area contributed by atoms with Crippen molar-refractivity contribution < 1.29 is 14.4 Å². The van der Waals surface area contributed by atoms with Gasteiger partial charge in [0.25, 0.3) is 11.8 Å². The first-order chi connectivity index (χ1) is 13.9. The number of nitrogens with zero attached hydrogens (tertiary/aromatic N) is 3. The zero-order valence-corrected chi connectivity index (χ0v) is 16.6. The minimum absolute atomic E-state index is 0.152. The Morgan fingerprint density at radius 2 is 2.10 bits per heavy atom. The van der Waals surface area contributed by atoms with Crippen molar-refractivity contribution in [2.75, 3.05) is 13.1 Å². The van der Waals surface area contributed by atoms with Gasteiger partial charge in [-0.1, -0.05) is 32.0 Å². The number of benzene rings is 1. The molecular formula is C21H25N5O3. The number of rotatable bonds is 5. The Morgan fingerprint density at radius 1 is 1.31 bits per heavy atom. The van der Waals surface area contributed by atoms with E-state index in [-0.39, 0.29) is 24.3 Å². The molecule has 0 aliphatic carbocycles. The molecule has 8 heteroatoms. The summed E-state index contributed by atoms with van der Waals surface area (Å²) in [5, 5.41) is 8.93. The number of nitrogens with one attached hydrogen (secondary N) is 2. The summed E-state index contributed by atoms with van der Waals surface area (Å²) in [6.45, 7) is 4.93. The molecule has 0 unspecified atom stereocenters. The van der Waals surface area contributed by atoms with E-state index in [1.54, 1.807) is 4.90 Å². The molecule has 152 valence electrons. The summed E-state index contributed by atoms with van der Waals surface area (Å²) >= 11 is 0. The molecule has 4 rings (SSSR count). The number of aromatic nitrogens is 1. The smallest absolute Gasteiger partial charge is 0.266 e. The fraction of sp³-hybridized carbons (Fsp3) is 0.429. The van der Waals surface area contributed by atoms with Crippen LogP contribution in [0.1, 0.15) is 31.5 Å². The van der Waals surface area contributed by atoms with Crippen LogP contribution in [-0.2, 0) is 27.3 Å². The van der Waals surface area contributed by atoms with Crippen molar-refractivity contribution in [1.29, 1.82) is 0 Å². The summed E-state index contributed by atoms with van der Waals surface area (Å²) in [6, 6.07) is 7.34. The number of carbonyl (C=O) groups excluding carboxylic acids is 3. The van der Waals surface area contributed by atoms with Crippen LogP contribution in [0.5, 0.6) is 0 Å². The van der Waals surface area contributed by atoms with Gasteiger partial charge in [-0.15, -0.1) is 0 Å². The van der Waals surface area contributed by atoms with Crippen LogP contribution in [0.15, 0.2) is 29.4 Å². The van der Waals surface area contributed by atoms with Crippen LogP contribution in [0, 0.1) is 5.92 Å². The number of para-hydroxylation sites is 1. The van der Waals surface area contributed by atoms with E-state index >= 15 is 0 Å². The quantitative estimate of drug-likeness (QED) is 0.749. The maximum Gasteiger partial charge on any atom is 0.266 e. The Balaban J connectivity index is 1.49. The van der Waals surface area contributed by atoms with Crippen molar-refractivity contribution >= 4 is 34.8 Å². The van der Waals surface area contributed by atoms with Gasteiger partial charge in [-0.05, 0) is 24.0 Å². The second-order valence-corrected chi connectivity index (χ2v) is 7.98. The number of amides is 3. The number of hydrogen-bond donors (Lipinski definition) is 2. The highest BCUT2D eigenvalue weighted by molar-refractivity contribution is 6.26. The van der Waals surface area contributed by atoms with Crippen LogP contribution in [0.4, 0.5) is 0 Å². The van der Waals surface area contributed by atoms with E-state index in [0.29, 0.717) is 25.4 Å². The molecule has 0 bridgehead atoms. The minimum atomic E-state index is -0.593. The highest BCUT2D eigenvalue weighted by atomic mass is 16.2. The lowest BCUT2D eigenvalue weighted by Gasteiger charge is -2.40. The first kappa shape index (κ1) is 19.2. The molecule has 1 aromatic carbocycles. The Bertz CT molecular complexity index is 993. The first-order valence-electron chi connectivity index (χ1n) is 9.95. The molecular weight excluding hydrogens is 370 g/mol. The SMILES string of the molecule is CC(C)CCNC(=O)/C=N/N1CC(=O)N2Cc3[nH]c4ccccc4c3C[C@H]2C1=O. The van der Waals surface area contributed by atoms with Gasteiger partial charge in [-0.2, -0.15) is 5.10 Å². The van der Waals surface area contributed by atoms with Crippen molar-refractivity contribution in [1.82, 2.24) is 20.2 Å². The van der Waals surface area contributed by atoms with Gasteiger partial charge in [0, 0.05) is 29.6 Å². The second kappa shape index (κ2) is 7.69. The van der Waals surface area contributed by atoms with Gasteiger partial charge in [0.15, 0.2) is 0 Å². The second-order valence-electron chi connectivity index (χ2n) is 7.98. The van der Waals surface area contributed by atoms with Crippen LogP contribution in [0.25, 0.3) is 10.9 Å². The molecule has 2 aromatic rings. The van der Waals surface area contributed by atoms with Gasteiger partial charge in [0.1, 0.15) is 18.8 Å². The van der Waals surface area contributed by atoms with Crippen LogP contribution in [0.2, 0.25) is 0 Å². The Labute approximate surface area is 168 Å². The predicted molar refractivity (Wildman–Crippen MR) is 109 cm³/mol. The largest absolute Gasteiger partial charge is 0.357 e. The van der Waals surface area contributed by atoms with Gasteiger partial charge in [0.05, 0.1) is 6.54 Å². The van der Waals surface area contributed by atoms with E-state index in [0.717, 1.165) is 39.8 Å². The molecule has 2 aliphatic heterocycles. The molecule has 29 heavy (non-hydrogen) atoms. The lowest BCUT2D eigenvalue weighted by Crippen LogP contribution is -2.60. The average Bonchev–Trinajstić information content (AvgIpc) is 3.06. The lowest BCUT2D eigenvalue weighted by atomic mass is 9.94. The molecule has 3 heterocycles. The summed E-state index contributed by atoms with van der Waals surface area (Å²) in [5.74, 6) is -0.306. The number of aromatic amines is 1. The van der Waals surface area contributed by atoms with Crippen LogP contribution >= 0.6 is 0 Å². The van der Waals surface area contributed by atoms with E-state index in [9.17, 15) is 14.4 Å². The van der Waals surface area contributed by atoms with Crippen LogP contribution < -0.4 is 5.32 Å². The molecule has 0 saturated carbocycles. The van der Waals surface area contributed by atoms with Gasteiger partial charge >= 0.3 is 0 Å². The van der Waals surface area contributed by atoms with Gasteiger partial charge in [-0.3, -0.25) is 14.4 Å². The normalized spacial score (nSPS) is 19.2. The molecule has 8 nitrogen and oxygen atoms in total. The summed E-state index contributed by atoms with van der Waals surface area (Å²) in [4.78, 5) is 42.5. The number of H-pyrrole nitrogens is 1. The highest BCUT2D eigenvalue weighted by Gasteiger charge is 2.43. The molecule has 2 aliphatic rings. The standard InChI is InChI=1S/C21H25N5O3/c1-13(2)7-8-22-19(27)10-23-26-12-20(28)25-11-17-15(9-18(25)21(26)29)14-5-3-4-6-16(14)24-17/h3-6,10,13,18,24H,7-9,11-12H2,1-2H3,(H,22,27)/b23-10+/t18-/m0/s1. The van der Waals surface area contributed by atoms with Crippen molar-refractivity contribution in [2.24, 2.45) is 11.0 Å². The fourth-order valence-electron chi connectivity index (χ4n) is 3.91. The fourth-order valence-corrected chi connectivity index (χ4v) is 3.91.